The first kappa shape index (κ1) is 10.2. The summed E-state index contributed by atoms with van der Waals surface area (Å²) in [6.45, 7) is 3.96. The molecular formula is C12H11ClFN. The van der Waals surface area contributed by atoms with Gasteiger partial charge in [-0.25, -0.2) is 4.39 Å². The minimum atomic E-state index is -0.315. The zero-order chi connectivity index (χ0) is 11.0. The van der Waals surface area contributed by atoms with Crippen molar-refractivity contribution in [3.8, 4) is 5.69 Å². The maximum Gasteiger partial charge on any atom is 0.126 e. The van der Waals surface area contributed by atoms with Crippen molar-refractivity contribution in [3.05, 3.63) is 52.6 Å². The molecule has 78 valence electrons. The van der Waals surface area contributed by atoms with E-state index in [0.717, 1.165) is 17.1 Å². The number of nitrogens with zero attached hydrogens (tertiary/aromatic N) is 1. The highest BCUT2D eigenvalue weighted by molar-refractivity contribution is 6.30. The molecule has 0 fully saturated rings. The standard InChI is InChI=1S/C12H11ClFN/c1-8-3-4-9(2)15(8)12-6-10(13)5-11(14)7-12/h3-7H,1-2H3. The van der Waals surface area contributed by atoms with E-state index in [0.29, 0.717) is 5.02 Å². The average Bonchev–Trinajstić information content (AvgIpc) is 2.44. The van der Waals surface area contributed by atoms with Gasteiger partial charge in [-0.3, -0.25) is 0 Å². The average molecular weight is 224 g/mol. The Labute approximate surface area is 93.1 Å². The summed E-state index contributed by atoms with van der Waals surface area (Å²) < 4.78 is 15.2. The molecule has 0 saturated heterocycles. The number of benzene rings is 1. The van der Waals surface area contributed by atoms with Gasteiger partial charge in [0.2, 0.25) is 0 Å². The third-order valence-electron chi connectivity index (χ3n) is 2.38. The van der Waals surface area contributed by atoms with E-state index in [1.54, 1.807) is 6.07 Å². The molecule has 0 aliphatic rings. The van der Waals surface area contributed by atoms with E-state index < -0.39 is 0 Å². The van der Waals surface area contributed by atoms with E-state index in [1.807, 2.05) is 30.5 Å². The van der Waals surface area contributed by atoms with Crippen molar-refractivity contribution in [3.63, 3.8) is 0 Å². The number of halogens is 2. The highest BCUT2D eigenvalue weighted by atomic mass is 35.5. The van der Waals surface area contributed by atoms with E-state index >= 15 is 0 Å². The first-order valence-electron chi connectivity index (χ1n) is 4.69. The normalized spacial score (nSPS) is 10.7. The lowest BCUT2D eigenvalue weighted by Crippen LogP contribution is -1.99. The molecule has 3 heteroatoms. The fraction of sp³-hybridized carbons (Fsp3) is 0.167. The molecule has 1 nitrogen and oxygen atoms in total. The predicted molar refractivity (Wildman–Crippen MR) is 60.2 cm³/mol. The molecule has 1 aromatic carbocycles. The Morgan fingerprint density at radius 2 is 1.67 bits per heavy atom. The van der Waals surface area contributed by atoms with Crippen LogP contribution in [0.15, 0.2) is 30.3 Å². The fourth-order valence-electron chi connectivity index (χ4n) is 1.74. The second-order valence-electron chi connectivity index (χ2n) is 3.58. The van der Waals surface area contributed by atoms with Crippen molar-refractivity contribution >= 4 is 11.6 Å². The van der Waals surface area contributed by atoms with E-state index in [4.69, 9.17) is 11.6 Å². The van der Waals surface area contributed by atoms with Crippen molar-refractivity contribution in [2.75, 3.05) is 0 Å². The Hall–Kier alpha value is -1.28. The third kappa shape index (κ3) is 1.90. The van der Waals surface area contributed by atoms with Crippen LogP contribution in [0.2, 0.25) is 5.02 Å². The van der Waals surface area contributed by atoms with Crippen LogP contribution in [0, 0.1) is 19.7 Å². The SMILES string of the molecule is Cc1ccc(C)n1-c1cc(F)cc(Cl)c1. The van der Waals surface area contributed by atoms with Gasteiger partial charge in [0.25, 0.3) is 0 Å². The first-order valence-corrected chi connectivity index (χ1v) is 5.07. The first-order chi connectivity index (χ1) is 7.08. The molecule has 2 aromatic rings. The van der Waals surface area contributed by atoms with Crippen LogP contribution in [0.5, 0.6) is 0 Å². The van der Waals surface area contributed by atoms with Gasteiger partial charge in [-0.1, -0.05) is 11.6 Å². The number of hydrogen-bond acceptors (Lipinski definition) is 0. The minimum absolute atomic E-state index is 0.315. The Balaban J connectivity index is 2.63. The van der Waals surface area contributed by atoms with Crippen LogP contribution in [0.4, 0.5) is 4.39 Å². The molecule has 1 heterocycles. The Bertz CT molecular complexity index is 463. The van der Waals surface area contributed by atoms with Crippen molar-refractivity contribution in [1.29, 1.82) is 0 Å². The highest BCUT2D eigenvalue weighted by Gasteiger charge is 2.06. The molecule has 0 saturated carbocycles. The summed E-state index contributed by atoms with van der Waals surface area (Å²) in [6, 6.07) is 8.53. The summed E-state index contributed by atoms with van der Waals surface area (Å²) in [6.07, 6.45) is 0. The van der Waals surface area contributed by atoms with Gasteiger partial charge in [0.05, 0.1) is 0 Å². The molecular weight excluding hydrogens is 213 g/mol. The monoisotopic (exact) mass is 223 g/mol. The number of aromatic nitrogens is 1. The lowest BCUT2D eigenvalue weighted by molar-refractivity contribution is 0.626. The fourth-order valence-corrected chi connectivity index (χ4v) is 1.96. The van der Waals surface area contributed by atoms with Gasteiger partial charge in [-0.15, -0.1) is 0 Å². The second kappa shape index (κ2) is 3.70. The zero-order valence-electron chi connectivity index (χ0n) is 8.59. The maximum atomic E-state index is 13.2. The summed E-state index contributed by atoms with van der Waals surface area (Å²) in [5, 5.41) is 0.414. The number of hydrogen-bond donors (Lipinski definition) is 0. The van der Waals surface area contributed by atoms with Crippen LogP contribution in [0.3, 0.4) is 0 Å². The van der Waals surface area contributed by atoms with Gasteiger partial charge < -0.3 is 4.57 Å². The molecule has 15 heavy (non-hydrogen) atoms. The van der Waals surface area contributed by atoms with E-state index in [2.05, 4.69) is 0 Å². The minimum Gasteiger partial charge on any atom is -0.318 e. The topological polar surface area (TPSA) is 4.93 Å². The molecule has 2 rings (SSSR count). The molecule has 0 spiro atoms. The van der Waals surface area contributed by atoms with Crippen molar-refractivity contribution in [2.45, 2.75) is 13.8 Å². The lowest BCUT2D eigenvalue weighted by Gasteiger charge is -2.09. The van der Waals surface area contributed by atoms with Crippen LogP contribution >= 0.6 is 11.6 Å². The van der Waals surface area contributed by atoms with Crippen molar-refractivity contribution in [2.24, 2.45) is 0 Å². The highest BCUT2D eigenvalue weighted by Crippen LogP contribution is 2.21. The molecule has 0 unspecified atom stereocenters. The van der Waals surface area contributed by atoms with Crippen LogP contribution in [0.25, 0.3) is 5.69 Å². The van der Waals surface area contributed by atoms with Crippen LogP contribution in [0.1, 0.15) is 11.4 Å². The smallest absolute Gasteiger partial charge is 0.126 e. The van der Waals surface area contributed by atoms with Crippen LogP contribution < -0.4 is 0 Å². The number of aryl methyl sites for hydroxylation is 2. The second-order valence-corrected chi connectivity index (χ2v) is 4.02. The van der Waals surface area contributed by atoms with E-state index in [1.165, 1.54) is 12.1 Å². The van der Waals surface area contributed by atoms with Gasteiger partial charge >= 0.3 is 0 Å². The molecule has 0 radical (unpaired) electrons. The molecule has 0 atom stereocenters. The van der Waals surface area contributed by atoms with Gasteiger partial charge in [0.1, 0.15) is 5.82 Å². The molecule has 0 aliphatic carbocycles. The van der Waals surface area contributed by atoms with Crippen LogP contribution in [-0.2, 0) is 0 Å². The summed E-state index contributed by atoms with van der Waals surface area (Å²) in [5.41, 5.74) is 2.89. The summed E-state index contributed by atoms with van der Waals surface area (Å²) in [5.74, 6) is -0.315. The van der Waals surface area contributed by atoms with Gasteiger partial charge in [-0.05, 0) is 44.2 Å². The third-order valence-corrected chi connectivity index (χ3v) is 2.59. The molecule has 0 N–H and O–H groups in total. The number of rotatable bonds is 1. The van der Waals surface area contributed by atoms with E-state index in [-0.39, 0.29) is 5.82 Å². The zero-order valence-corrected chi connectivity index (χ0v) is 9.35. The predicted octanol–water partition coefficient (Wildman–Crippen LogP) is 3.89. The molecule has 1 aromatic heterocycles. The quantitative estimate of drug-likeness (QED) is 0.691. The Morgan fingerprint density at radius 1 is 1.07 bits per heavy atom. The summed E-state index contributed by atoms with van der Waals surface area (Å²) in [4.78, 5) is 0. The van der Waals surface area contributed by atoms with Gasteiger partial charge in [0.15, 0.2) is 0 Å². The molecule has 0 bridgehead atoms. The Kier molecular flexibility index (Phi) is 2.53. The largest absolute Gasteiger partial charge is 0.318 e. The lowest BCUT2D eigenvalue weighted by atomic mass is 10.3. The molecule has 0 amide bonds. The Morgan fingerprint density at radius 3 is 2.20 bits per heavy atom. The summed E-state index contributed by atoms with van der Waals surface area (Å²) >= 11 is 5.82. The van der Waals surface area contributed by atoms with Gasteiger partial charge in [-0.2, -0.15) is 0 Å². The van der Waals surface area contributed by atoms with Crippen molar-refractivity contribution < 1.29 is 4.39 Å². The maximum absolute atomic E-state index is 13.2. The van der Waals surface area contributed by atoms with Gasteiger partial charge in [0, 0.05) is 22.1 Å². The summed E-state index contributed by atoms with van der Waals surface area (Å²) in [7, 11) is 0. The van der Waals surface area contributed by atoms with Crippen LogP contribution in [-0.4, -0.2) is 4.57 Å². The van der Waals surface area contributed by atoms with Crippen molar-refractivity contribution in [1.82, 2.24) is 4.57 Å². The van der Waals surface area contributed by atoms with E-state index in [9.17, 15) is 4.39 Å². The molecule has 0 aliphatic heterocycles.